The number of aliphatic hydroxyl groups is 1. The molecule has 0 saturated heterocycles. The third-order valence-corrected chi connectivity index (χ3v) is 3.11. The number of hydrogen-bond acceptors (Lipinski definition) is 3. The Bertz CT molecular complexity index is 317. The van der Waals surface area contributed by atoms with Crippen LogP contribution in [0.2, 0.25) is 0 Å². The minimum absolute atomic E-state index is 0.214. The predicted molar refractivity (Wildman–Crippen MR) is 66.1 cm³/mol. The summed E-state index contributed by atoms with van der Waals surface area (Å²) in [5.74, 6) is 0.860. The highest BCUT2D eigenvalue weighted by molar-refractivity contribution is 9.10. The molecule has 1 unspecified atom stereocenters. The van der Waals surface area contributed by atoms with Crippen LogP contribution in [0.25, 0.3) is 0 Å². The van der Waals surface area contributed by atoms with E-state index < -0.39 is 0 Å². The molecule has 1 heterocycles. The first-order valence-electron chi connectivity index (χ1n) is 5.18. The smallest absolute Gasteiger partial charge is 0.126 e. The number of aliphatic hydroxyl groups excluding tert-OH is 1. The van der Waals surface area contributed by atoms with Crippen molar-refractivity contribution >= 4 is 21.7 Å². The van der Waals surface area contributed by atoms with Crippen LogP contribution in [0, 0.1) is 6.92 Å². The Balaban J connectivity index is 2.41. The van der Waals surface area contributed by atoms with Gasteiger partial charge >= 0.3 is 0 Å². The zero-order valence-electron chi connectivity index (χ0n) is 9.13. The fraction of sp³-hybridized carbons (Fsp3) is 0.545. The molecule has 0 saturated carbocycles. The Labute approximate surface area is 99.1 Å². The van der Waals surface area contributed by atoms with Crippen LogP contribution in [-0.2, 0) is 0 Å². The van der Waals surface area contributed by atoms with E-state index in [1.807, 2.05) is 26.0 Å². The molecular formula is C11H17BrN2O. The zero-order chi connectivity index (χ0) is 11.3. The Morgan fingerprint density at radius 1 is 1.53 bits per heavy atom. The van der Waals surface area contributed by atoms with Gasteiger partial charge in [-0.05, 0) is 47.8 Å². The van der Waals surface area contributed by atoms with Crippen molar-refractivity contribution in [3.05, 3.63) is 22.3 Å². The van der Waals surface area contributed by atoms with Gasteiger partial charge in [-0.3, -0.25) is 0 Å². The molecule has 2 N–H and O–H groups in total. The highest BCUT2D eigenvalue weighted by atomic mass is 79.9. The average molecular weight is 273 g/mol. The lowest BCUT2D eigenvalue weighted by molar-refractivity contribution is 0.164. The molecule has 0 radical (unpaired) electrons. The van der Waals surface area contributed by atoms with Gasteiger partial charge < -0.3 is 10.4 Å². The van der Waals surface area contributed by atoms with Crippen LogP contribution >= 0.6 is 15.9 Å². The molecular weight excluding hydrogens is 256 g/mol. The quantitative estimate of drug-likeness (QED) is 0.867. The molecule has 1 aromatic heterocycles. The maximum Gasteiger partial charge on any atom is 0.126 e. The molecule has 4 heteroatoms. The SMILES string of the molecule is CCC(O)CCNc1ccc(Br)c(C)n1. The Morgan fingerprint density at radius 2 is 2.27 bits per heavy atom. The van der Waals surface area contributed by atoms with Gasteiger partial charge in [-0.1, -0.05) is 6.92 Å². The van der Waals surface area contributed by atoms with E-state index in [-0.39, 0.29) is 6.10 Å². The van der Waals surface area contributed by atoms with Crippen LogP contribution in [0.1, 0.15) is 25.5 Å². The van der Waals surface area contributed by atoms with E-state index in [9.17, 15) is 5.11 Å². The van der Waals surface area contributed by atoms with Crippen LogP contribution in [0.3, 0.4) is 0 Å². The summed E-state index contributed by atoms with van der Waals surface area (Å²) in [4.78, 5) is 4.36. The predicted octanol–water partition coefficient (Wildman–Crippen LogP) is 2.73. The van der Waals surface area contributed by atoms with Crippen molar-refractivity contribution in [2.75, 3.05) is 11.9 Å². The fourth-order valence-corrected chi connectivity index (χ4v) is 1.43. The lowest BCUT2D eigenvalue weighted by Gasteiger charge is -2.09. The van der Waals surface area contributed by atoms with Crippen LogP contribution in [0.5, 0.6) is 0 Å². The largest absolute Gasteiger partial charge is 0.393 e. The summed E-state index contributed by atoms with van der Waals surface area (Å²) in [5, 5.41) is 12.6. The maximum absolute atomic E-state index is 9.37. The van der Waals surface area contributed by atoms with Gasteiger partial charge in [0, 0.05) is 11.0 Å². The lowest BCUT2D eigenvalue weighted by atomic mass is 10.2. The lowest BCUT2D eigenvalue weighted by Crippen LogP contribution is -2.12. The number of pyridine rings is 1. The van der Waals surface area contributed by atoms with Crippen molar-refractivity contribution in [1.82, 2.24) is 4.98 Å². The summed E-state index contributed by atoms with van der Waals surface area (Å²) in [6.07, 6.45) is 1.34. The second kappa shape index (κ2) is 6.08. The number of nitrogens with zero attached hydrogens (tertiary/aromatic N) is 1. The molecule has 0 fully saturated rings. The second-order valence-electron chi connectivity index (χ2n) is 3.54. The Hall–Kier alpha value is -0.610. The number of halogens is 1. The molecule has 0 spiro atoms. The first kappa shape index (κ1) is 12.5. The van der Waals surface area contributed by atoms with Crippen molar-refractivity contribution in [3.8, 4) is 0 Å². The van der Waals surface area contributed by atoms with E-state index in [1.165, 1.54) is 0 Å². The summed E-state index contributed by atoms with van der Waals surface area (Å²) in [5.41, 5.74) is 0.969. The third-order valence-electron chi connectivity index (χ3n) is 2.28. The number of anilines is 1. The molecule has 0 aromatic carbocycles. The average Bonchev–Trinajstić information content (AvgIpc) is 2.23. The Kier molecular flexibility index (Phi) is 5.05. The Morgan fingerprint density at radius 3 is 2.87 bits per heavy atom. The highest BCUT2D eigenvalue weighted by Gasteiger charge is 2.01. The zero-order valence-corrected chi connectivity index (χ0v) is 10.7. The molecule has 84 valence electrons. The highest BCUT2D eigenvalue weighted by Crippen LogP contribution is 2.16. The minimum Gasteiger partial charge on any atom is -0.393 e. The molecule has 0 aliphatic heterocycles. The fourth-order valence-electron chi connectivity index (χ4n) is 1.21. The van der Waals surface area contributed by atoms with E-state index in [2.05, 4.69) is 26.2 Å². The standard InChI is InChI=1S/C11H17BrN2O/c1-3-9(15)6-7-13-11-5-4-10(12)8(2)14-11/h4-5,9,15H,3,6-7H2,1-2H3,(H,13,14). The summed E-state index contributed by atoms with van der Waals surface area (Å²) in [6, 6.07) is 3.90. The van der Waals surface area contributed by atoms with E-state index in [0.717, 1.165) is 35.4 Å². The van der Waals surface area contributed by atoms with Gasteiger partial charge in [0.25, 0.3) is 0 Å². The van der Waals surface area contributed by atoms with Gasteiger partial charge in [0.2, 0.25) is 0 Å². The first-order valence-corrected chi connectivity index (χ1v) is 5.98. The third kappa shape index (κ3) is 4.18. The van der Waals surface area contributed by atoms with E-state index in [4.69, 9.17) is 0 Å². The summed E-state index contributed by atoms with van der Waals surface area (Å²) < 4.78 is 1.02. The molecule has 0 amide bonds. The normalized spacial score (nSPS) is 12.5. The van der Waals surface area contributed by atoms with Crippen molar-refractivity contribution in [3.63, 3.8) is 0 Å². The van der Waals surface area contributed by atoms with Gasteiger partial charge in [0.1, 0.15) is 5.82 Å². The number of hydrogen-bond donors (Lipinski definition) is 2. The van der Waals surface area contributed by atoms with Gasteiger partial charge in [0.05, 0.1) is 11.8 Å². The van der Waals surface area contributed by atoms with Crippen LogP contribution in [-0.4, -0.2) is 22.7 Å². The number of rotatable bonds is 5. The summed E-state index contributed by atoms with van der Waals surface area (Å²) in [7, 11) is 0. The van der Waals surface area contributed by atoms with Crippen molar-refractivity contribution in [1.29, 1.82) is 0 Å². The molecule has 1 atom stereocenters. The number of nitrogens with one attached hydrogen (secondary N) is 1. The molecule has 15 heavy (non-hydrogen) atoms. The van der Waals surface area contributed by atoms with Gasteiger partial charge in [-0.25, -0.2) is 4.98 Å². The molecule has 1 aromatic rings. The summed E-state index contributed by atoms with van der Waals surface area (Å²) >= 11 is 3.40. The van der Waals surface area contributed by atoms with E-state index in [1.54, 1.807) is 0 Å². The number of aryl methyl sites for hydroxylation is 1. The van der Waals surface area contributed by atoms with Gasteiger partial charge in [0.15, 0.2) is 0 Å². The molecule has 0 aliphatic rings. The van der Waals surface area contributed by atoms with Crippen molar-refractivity contribution < 1.29 is 5.11 Å². The van der Waals surface area contributed by atoms with Crippen molar-refractivity contribution in [2.24, 2.45) is 0 Å². The monoisotopic (exact) mass is 272 g/mol. The van der Waals surface area contributed by atoms with E-state index >= 15 is 0 Å². The number of aromatic nitrogens is 1. The van der Waals surface area contributed by atoms with Crippen LogP contribution < -0.4 is 5.32 Å². The van der Waals surface area contributed by atoms with Crippen molar-refractivity contribution in [2.45, 2.75) is 32.8 Å². The molecule has 0 aliphatic carbocycles. The first-order chi connectivity index (χ1) is 7.13. The molecule has 3 nitrogen and oxygen atoms in total. The van der Waals surface area contributed by atoms with Gasteiger partial charge in [-0.15, -0.1) is 0 Å². The maximum atomic E-state index is 9.37. The minimum atomic E-state index is -0.214. The summed E-state index contributed by atoms with van der Waals surface area (Å²) in [6.45, 7) is 4.69. The molecule has 1 rings (SSSR count). The van der Waals surface area contributed by atoms with E-state index in [0.29, 0.717) is 0 Å². The molecule has 0 bridgehead atoms. The van der Waals surface area contributed by atoms with Gasteiger partial charge in [-0.2, -0.15) is 0 Å². The van der Waals surface area contributed by atoms with Crippen LogP contribution in [0.4, 0.5) is 5.82 Å². The topological polar surface area (TPSA) is 45.1 Å². The second-order valence-corrected chi connectivity index (χ2v) is 4.40. The van der Waals surface area contributed by atoms with Crippen LogP contribution in [0.15, 0.2) is 16.6 Å².